The van der Waals surface area contributed by atoms with E-state index in [0.29, 0.717) is 19.0 Å². The minimum absolute atomic E-state index is 0.0282. The van der Waals surface area contributed by atoms with Crippen molar-refractivity contribution in [2.24, 2.45) is 4.99 Å². The molecule has 1 aromatic carbocycles. The van der Waals surface area contributed by atoms with E-state index in [1.165, 1.54) is 6.07 Å². The topological polar surface area (TPSA) is 116 Å². The molecule has 1 atom stereocenters. The van der Waals surface area contributed by atoms with Crippen LogP contribution in [0.25, 0.3) is 0 Å². The number of nitrogens with one attached hydrogen (secondary N) is 3. The van der Waals surface area contributed by atoms with Crippen LogP contribution >= 0.6 is 0 Å². The van der Waals surface area contributed by atoms with Gasteiger partial charge in [-0.1, -0.05) is 19.1 Å². The lowest BCUT2D eigenvalue weighted by atomic mass is 10.1. The Labute approximate surface area is 170 Å². The number of aromatic nitrogens is 3. The average Bonchev–Trinajstić information content (AvgIpc) is 3.14. The second-order valence-corrected chi connectivity index (χ2v) is 6.89. The van der Waals surface area contributed by atoms with Crippen LogP contribution in [0.15, 0.2) is 29.3 Å². The zero-order valence-electron chi connectivity index (χ0n) is 17.0. The molecule has 1 amide bonds. The fraction of sp³-hybridized carbons (Fsp3) is 0.500. The van der Waals surface area contributed by atoms with E-state index in [2.05, 4.69) is 37.9 Å². The van der Waals surface area contributed by atoms with Gasteiger partial charge in [-0.25, -0.2) is 9.67 Å². The van der Waals surface area contributed by atoms with E-state index in [1.807, 2.05) is 11.6 Å². The first-order valence-corrected chi connectivity index (χ1v) is 10.1. The molecule has 0 fully saturated rings. The summed E-state index contributed by atoms with van der Waals surface area (Å²) in [5.74, 6) is 2.32. The molecule has 2 aromatic rings. The summed E-state index contributed by atoms with van der Waals surface area (Å²) in [4.78, 5) is 21.2. The average molecular weight is 399 g/mol. The number of hydrogen-bond donors (Lipinski definition) is 4. The Bertz CT molecular complexity index is 862. The van der Waals surface area contributed by atoms with E-state index in [4.69, 9.17) is 0 Å². The molecule has 0 aliphatic carbocycles. The Kier molecular flexibility index (Phi) is 7.04. The maximum absolute atomic E-state index is 12.1. The lowest BCUT2D eigenvalue weighted by Gasteiger charge is -2.25. The molecule has 1 aromatic heterocycles. The summed E-state index contributed by atoms with van der Waals surface area (Å²) in [6, 6.07) is 6.71. The maximum atomic E-state index is 12.1. The summed E-state index contributed by atoms with van der Waals surface area (Å²) in [6.45, 7) is 6.39. The van der Waals surface area contributed by atoms with Gasteiger partial charge in [-0.05, 0) is 25.5 Å². The first kappa shape index (κ1) is 20.6. The second-order valence-electron chi connectivity index (χ2n) is 6.89. The van der Waals surface area contributed by atoms with E-state index in [9.17, 15) is 9.90 Å². The molecule has 0 radical (unpaired) electrons. The quantitative estimate of drug-likeness (QED) is 0.312. The predicted octanol–water partition coefficient (Wildman–Crippen LogP) is 0.846. The molecule has 0 bridgehead atoms. The van der Waals surface area contributed by atoms with E-state index >= 15 is 0 Å². The number of aryl methyl sites for hydroxylation is 2. The number of aliphatic imine (C=N–C) groups is 1. The van der Waals surface area contributed by atoms with Crippen LogP contribution in [0.4, 0.5) is 0 Å². The number of carbonyl (C=O) groups excluding carboxylic acids is 1. The largest absolute Gasteiger partial charge is 0.507 e. The molecule has 156 valence electrons. The summed E-state index contributed by atoms with van der Waals surface area (Å²) < 4.78 is 1.98. The molecule has 0 saturated heterocycles. The summed E-state index contributed by atoms with van der Waals surface area (Å²) >= 11 is 0. The monoisotopic (exact) mass is 399 g/mol. The summed E-state index contributed by atoms with van der Waals surface area (Å²) in [5, 5.41) is 23.8. The Morgan fingerprint density at radius 1 is 1.31 bits per heavy atom. The standard InChI is InChI=1S/C20H29N7O2/c1-3-17-25-18-10-9-14(13-27(18)26-17)24-20(21-4-2)23-12-11-22-19(29)15-7-5-6-8-16(15)28/h5-8,14,28H,3-4,9-13H2,1-2H3,(H,22,29)(H2,21,23,24). The van der Waals surface area contributed by atoms with Crippen molar-refractivity contribution >= 4 is 11.9 Å². The van der Waals surface area contributed by atoms with E-state index in [0.717, 1.165) is 44.0 Å². The van der Waals surface area contributed by atoms with Crippen molar-refractivity contribution in [3.05, 3.63) is 41.5 Å². The number of guanidine groups is 1. The highest BCUT2D eigenvalue weighted by atomic mass is 16.3. The van der Waals surface area contributed by atoms with Gasteiger partial charge in [0.25, 0.3) is 5.91 Å². The fourth-order valence-electron chi connectivity index (χ4n) is 3.24. The minimum atomic E-state index is -0.311. The predicted molar refractivity (Wildman–Crippen MR) is 111 cm³/mol. The third-order valence-corrected chi connectivity index (χ3v) is 4.72. The fourth-order valence-corrected chi connectivity index (χ4v) is 3.24. The normalized spacial score (nSPS) is 16.2. The molecule has 0 spiro atoms. The van der Waals surface area contributed by atoms with Gasteiger partial charge in [0.2, 0.25) is 0 Å². The number of nitrogens with zero attached hydrogens (tertiary/aromatic N) is 4. The van der Waals surface area contributed by atoms with Crippen LogP contribution in [-0.2, 0) is 19.4 Å². The van der Waals surface area contributed by atoms with Crippen molar-refractivity contribution in [3.8, 4) is 5.75 Å². The first-order chi connectivity index (χ1) is 14.1. The van der Waals surface area contributed by atoms with E-state index in [-0.39, 0.29) is 23.3 Å². The highest BCUT2D eigenvalue weighted by Crippen LogP contribution is 2.15. The van der Waals surface area contributed by atoms with Crippen LogP contribution < -0.4 is 16.0 Å². The summed E-state index contributed by atoms with van der Waals surface area (Å²) in [5.41, 5.74) is 0.263. The van der Waals surface area contributed by atoms with Gasteiger partial charge >= 0.3 is 0 Å². The van der Waals surface area contributed by atoms with Crippen molar-refractivity contribution in [3.63, 3.8) is 0 Å². The SMILES string of the molecule is CCNC(=NCCNC(=O)c1ccccc1O)NC1CCc2nc(CC)nn2C1. The van der Waals surface area contributed by atoms with Crippen LogP contribution in [0.5, 0.6) is 5.75 Å². The van der Waals surface area contributed by atoms with Crippen molar-refractivity contribution in [1.29, 1.82) is 0 Å². The van der Waals surface area contributed by atoms with Crippen molar-refractivity contribution in [2.75, 3.05) is 19.6 Å². The van der Waals surface area contributed by atoms with Crippen molar-refractivity contribution < 1.29 is 9.90 Å². The summed E-state index contributed by atoms with van der Waals surface area (Å²) in [7, 11) is 0. The number of aromatic hydroxyl groups is 1. The molecular weight excluding hydrogens is 370 g/mol. The smallest absolute Gasteiger partial charge is 0.255 e. The van der Waals surface area contributed by atoms with Crippen LogP contribution in [0, 0.1) is 0 Å². The van der Waals surface area contributed by atoms with Gasteiger partial charge < -0.3 is 21.1 Å². The van der Waals surface area contributed by atoms with Gasteiger partial charge in [-0.2, -0.15) is 5.10 Å². The van der Waals surface area contributed by atoms with Crippen LogP contribution in [0.3, 0.4) is 0 Å². The van der Waals surface area contributed by atoms with Gasteiger partial charge in [-0.15, -0.1) is 0 Å². The Morgan fingerprint density at radius 2 is 2.14 bits per heavy atom. The molecular formula is C20H29N7O2. The molecule has 2 heterocycles. The second kappa shape index (κ2) is 9.90. The zero-order chi connectivity index (χ0) is 20.6. The number of para-hydroxylation sites is 1. The number of benzene rings is 1. The number of fused-ring (bicyclic) bond motifs is 1. The Balaban J connectivity index is 1.51. The first-order valence-electron chi connectivity index (χ1n) is 10.1. The molecule has 3 rings (SSSR count). The highest BCUT2D eigenvalue weighted by molar-refractivity contribution is 5.96. The molecule has 1 aliphatic rings. The van der Waals surface area contributed by atoms with Crippen LogP contribution in [0.2, 0.25) is 0 Å². The van der Waals surface area contributed by atoms with Gasteiger partial charge in [0.15, 0.2) is 11.8 Å². The summed E-state index contributed by atoms with van der Waals surface area (Å²) in [6.07, 6.45) is 2.70. The van der Waals surface area contributed by atoms with Crippen molar-refractivity contribution in [2.45, 2.75) is 45.7 Å². The Hall–Kier alpha value is -3.10. The molecule has 4 N–H and O–H groups in total. The molecule has 0 saturated carbocycles. The number of amides is 1. The van der Waals surface area contributed by atoms with Gasteiger partial charge in [0, 0.05) is 32.0 Å². The minimum Gasteiger partial charge on any atom is -0.507 e. The van der Waals surface area contributed by atoms with E-state index < -0.39 is 0 Å². The third kappa shape index (κ3) is 5.46. The highest BCUT2D eigenvalue weighted by Gasteiger charge is 2.22. The molecule has 9 nitrogen and oxygen atoms in total. The number of rotatable bonds is 7. The third-order valence-electron chi connectivity index (χ3n) is 4.72. The van der Waals surface area contributed by atoms with Gasteiger partial charge in [0.05, 0.1) is 18.7 Å². The molecule has 29 heavy (non-hydrogen) atoms. The molecule has 9 heteroatoms. The van der Waals surface area contributed by atoms with Gasteiger partial charge in [0.1, 0.15) is 11.6 Å². The van der Waals surface area contributed by atoms with Crippen LogP contribution in [-0.4, -0.2) is 57.4 Å². The van der Waals surface area contributed by atoms with Gasteiger partial charge in [-0.3, -0.25) is 9.79 Å². The number of hydrogen-bond acceptors (Lipinski definition) is 5. The number of phenolic OH excluding ortho intramolecular Hbond substituents is 1. The lowest BCUT2D eigenvalue weighted by Crippen LogP contribution is -2.47. The van der Waals surface area contributed by atoms with Crippen LogP contribution in [0.1, 0.15) is 42.3 Å². The molecule has 1 unspecified atom stereocenters. The number of carbonyl (C=O) groups is 1. The Morgan fingerprint density at radius 3 is 2.90 bits per heavy atom. The number of phenols is 1. The lowest BCUT2D eigenvalue weighted by molar-refractivity contribution is 0.0952. The van der Waals surface area contributed by atoms with E-state index in [1.54, 1.807) is 18.2 Å². The molecule has 1 aliphatic heterocycles. The van der Waals surface area contributed by atoms with Crippen molar-refractivity contribution in [1.82, 2.24) is 30.7 Å². The zero-order valence-corrected chi connectivity index (χ0v) is 17.0. The maximum Gasteiger partial charge on any atom is 0.255 e.